The Labute approximate surface area is 175 Å². The number of amides is 1. The van der Waals surface area contributed by atoms with Gasteiger partial charge in [-0.15, -0.1) is 10.2 Å². The van der Waals surface area contributed by atoms with Gasteiger partial charge in [-0.3, -0.25) is 4.79 Å². The summed E-state index contributed by atoms with van der Waals surface area (Å²) in [5.41, 5.74) is -0.224. The standard InChI is InChI=1S/C21H18F3N5O2/c22-21(23,24)13-5-7-14(8-6-13)27-15-2-1-10-25-16(15)17-28-29-19(31-17)20(12-3-4-12)9-11-26-18(20)30/h1-2,5-8,10,12,27H,3-4,9,11H2,(H,26,30). The maximum absolute atomic E-state index is 12.8. The molecule has 1 saturated heterocycles. The fourth-order valence-corrected chi connectivity index (χ4v) is 4.06. The van der Waals surface area contributed by atoms with E-state index < -0.39 is 17.2 Å². The van der Waals surface area contributed by atoms with Crippen LogP contribution in [0.3, 0.4) is 0 Å². The van der Waals surface area contributed by atoms with E-state index in [0.717, 1.165) is 25.0 Å². The molecule has 1 aliphatic heterocycles. The minimum atomic E-state index is -4.40. The van der Waals surface area contributed by atoms with Crippen LogP contribution in [0.5, 0.6) is 0 Å². The predicted molar refractivity (Wildman–Crippen MR) is 104 cm³/mol. The summed E-state index contributed by atoms with van der Waals surface area (Å²) in [6.45, 7) is 0.567. The smallest absolute Gasteiger partial charge is 0.416 e. The quantitative estimate of drug-likeness (QED) is 0.635. The van der Waals surface area contributed by atoms with Gasteiger partial charge in [0.15, 0.2) is 5.69 Å². The normalized spacial score (nSPS) is 21.2. The van der Waals surface area contributed by atoms with Crippen LogP contribution in [0.25, 0.3) is 11.6 Å². The van der Waals surface area contributed by atoms with Crippen molar-refractivity contribution in [2.45, 2.75) is 30.9 Å². The van der Waals surface area contributed by atoms with Gasteiger partial charge in [0.05, 0.1) is 11.3 Å². The zero-order chi connectivity index (χ0) is 21.6. The number of aromatic nitrogens is 3. The highest BCUT2D eigenvalue weighted by Gasteiger charge is 2.58. The van der Waals surface area contributed by atoms with Crippen LogP contribution in [-0.4, -0.2) is 27.6 Å². The molecule has 2 aromatic heterocycles. The third kappa shape index (κ3) is 3.41. The number of benzene rings is 1. The number of alkyl halides is 3. The summed E-state index contributed by atoms with van der Waals surface area (Å²) >= 11 is 0. The van der Waals surface area contributed by atoms with E-state index in [1.807, 2.05) is 0 Å². The first-order valence-electron chi connectivity index (χ1n) is 9.90. The number of halogens is 3. The van der Waals surface area contributed by atoms with Gasteiger partial charge in [0.2, 0.25) is 11.8 Å². The minimum Gasteiger partial charge on any atom is -0.418 e. The zero-order valence-electron chi connectivity index (χ0n) is 16.2. The Kier molecular flexibility index (Phi) is 4.45. The molecule has 0 bridgehead atoms. The molecule has 0 radical (unpaired) electrons. The van der Waals surface area contributed by atoms with Crippen molar-refractivity contribution in [3.05, 3.63) is 54.0 Å². The average Bonchev–Trinajstić information content (AvgIpc) is 3.35. The summed E-state index contributed by atoms with van der Waals surface area (Å²) in [6.07, 6.45) is -0.361. The second kappa shape index (κ2) is 7.07. The number of anilines is 2. The van der Waals surface area contributed by atoms with E-state index in [-0.39, 0.29) is 23.6 Å². The van der Waals surface area contributed by atoms with Crippen molar-refractivity contribution in [2.24, 2.45) is 5.92 Å². The third-order valence-corrected chi connectivity index (χ3v) is 5.79. The van der Waals surface area contributed by atoms with E-state index in [4.69, 9.17) is 4.42 Å². The molecule has 1 aliphatic carbocycles. The van der Waals surface area contributed by atoms with E-state index in [2.05, 4.69) is 25.8 Å². The van der Waals surface area contributed by atoms with Gasteiger partial charge in [0.25, 0.3) is 5.89 Å². The van der Waals surface area contributed by atoms with Gasteiger partial charge in [-0.1, -0.05) is 0 Å². The number of carbonyl (C=O) groups excluding carboxylic acids is 1. The summed E-state index contributed by atoms with van der Waals surface area (Å²) in [7, 11) is 0. The molecule has 1 saturated carbocycles. The molecule has 1 amide bonds. The molecule has 3 aromatic rings. The topological polar surface area (TPSA) is 92.9 Å². The first-order valence-corrected chi connectivity index (χ1v) is 9.90. The first kappa shape index (κ1) is 19.5. The van der Waals surface area contributed by atoms with Crippen LogP contribution in [0.1, 0.15) is 30.7 Å². The summed E-state index contributed by atoms with van der Waals surface area (Å²) in [5, 5.41) is 14.2. The lowest BCUT2D eigenvalue weighted by Crippen LogP contribution is -2.38. The van der Waals surface area contributed by atoms with Crippen molar-refractivity contribution in [2.75, 3.05) is 11.9 Å². The zero-order valence-corrected chi connectivity index (χ0v) is 16.2. The van der Waals surface area contributed by atoms with E-state index in [0.29, 0.717) is 30.0 Å². The molecule has 2 N–H and O–H groups in total. The third-order valence-electron chi connectivity index (χ3n) is 5.79. The largest absolute Gasteiger partial charge is 0.418 e. The maximum atomic E-state index is 12.8. The number of hydrogen-bond donors (Lipinski definition) is 2. The van der Waals surface area contributed by atoms with Gasteiger partial charge >= 0.3 is 6.18 Å². The Morgan fingerprint density at radius 3 is 2.55 bits per heavy atom. The Bertz CT molecular complexity index is 1120. The molecule has 2 fully saturated rings. The molecule has 5 rings (SSSR count). The van der Waals surface area contributed by atoms with Gasteiger partial charge in [0, 0.05) is 18.4 Å². The Balaban J connectivity index is 1.45. The van der Waals surface area contributed by atoms with Crippen LogP contribution >= 0.6 is 0 Å². The van der Waals surface area contributed by atoms with Gasteiger partial charge in [-0.25, -0.2) is 4.98 Å². The van der Waals surface area contributed by atoms with Crippen LogP contribution < -0.4 is 10.6 Å². The van der Waals surface area contributed by atoms with Crippen molar-refractivity contribution >= 4 is 17.3 Å². The van der Waals surface area contributed by atoms with Gasteiger partial charge in [-0.05, 0) is 61.6 Å². The van der Waals surface area contributed by atoms with Crippen LogP contribution in [-0.2, 0) is 16.4 Å². The van der Waals surface area contributed by atoms with Crippen LogP contribution in [0.2, 0.25) is 0 Å². The predicted octanol–water partition coefficient (Wildman–Crippen LogP) is 4.06. The number of nitrogens with one attached hydrogen (secondary N) is 2. The van der Waals surface area contributed by atoms with Crippen molar-refractivity contribution in [1.29, 1.82) is 0 Å². The van der Waals surface area contributed by atoms with Gasteiger partial charge < -0.3 is 15.1 Å². The lowest BCUT2D eigenvalue weighted by molar-refractivity contribution is -0.137. The maximum Gasteiger partial charge on any atom is 0.416 e. The van der Waals surface area contributed by atoms with Crippen molar-refractivity contribution in [3.8, 4) is 11.6 Å². The molecule has 1 aromatic carbocycles. The van der Waals surface area contributed by atoms with Gasteiger partial charge in [-0.2, -0.15) is 13.2 Å². The van der Waals surface area contributed by atoms with E-state index in [9.17, 15) is 18.0 Å². The van der Waals surface area contributed by atoms with Crippen molar-refractivity contribution < 1.29 is 22.4 Å². The molecule has 7 nitrogen and oxygen atoms in total. The molecule has 31 heavy (non-hydrogen) atoms. The molecule has 1 atom stereocenters. The molecule has 1 unspecified atom stereocenters. The highest BCUT2D eigenvalue weighted by Crippen LogP contribution is 2.51. The number of rotatable bonds is 5. The number of carbonyl (C=O) groups is 1. The number of hydrogen-bond acceptors (Lipinski definition) is 6. The van der Waals surface area contributed by atoms with Gasteiger partial charge in [0.1, 0.15) is 5.41 Å². The number of nitrogens with zero attached hydrogens (tertiary/aromatic N) is 3. The molecule has 10 heteroatoms. The Hall–Kier alpha value is -3.43. The monoisotopic (exact) mass is 429 g/mol. The van der Waals surface area contributed by atoms with Crippen LogP contribution in [0.4, 0.5) is 24.5 Å². The summed E-state index contributed by atoms with van der Waals surface area (Å²) in [5.74, 6) is 0.530. The van der Waals surface area contributed by atoms with Crippen molar-refractivity contribution in [1.82, 2.24) is 20.5 Å². The lowest BCUT2D eigenvalue weighted by Gasteiger charge is -2.20. The van der Waals surface area contributed by atoms with E-state index >= 15 is 0 Å². The molecular weight excluding hydrogens is 411 g/mol. The summed E-state index contributed by atoms with van der Waals surface area (Å²) in [6, 6.07) is 8.07. The fraction of sp³-hybridized carbons (Fsp3) is 0.333. The van der Waals surface area contributed by atoms with Crippen LogP contribution in [0.15, 0.2) is 47.0 Å². The molecule has 3 heterocycles. The fourth-order valence-electron chi connectivity index (χ4n) is 4.06. The second-order valence-electron chi connectivity index (χ2n) is 7.76. The Morgan fingerprint density at radius 2 is 1.90 bits per heavy atom. The van der Waals surface area contributed by atoms with Crippen molar-refractivity contribution in [3.63, 3.8) is 0 Å². The molecule has 160 valence electrons. The molecular formula is C21H18F3N5O2. The lowest BCUT2D eigenvalue weighted by atomic mass is 9.81. The van der Waals surface area contributed by atoms with E-state index in [1.54, 1.807) is 18.3 Å². The highest BCUT2D eigenvalue weighted by atomic mass is 19.4. The van der Waals surface area contributed by atoms with Crippen LogP contribution in [0, 0.1) is 5.92 Å². The average molecular weight is 429 g/mol. The first-order chi connectivity index (χ1) is 14.9. The molecule has 2 aliphatic rings. The SMILES string of the molecule is O=C1NCCC1(c1nnc(-c2ncccc2Nc2ccc(C(F)(F)F)cc2)o1)C1CC1. The number of pyridine rings is 1. The minimum absolute atomic E-state index is 0.0886. The Morgan fingerprint density at radius 1 is 1.13 bits per heavy atom. The summed E-state index contributed by atoms with van der Waals surface area (Å²) in [4.78, 5) is 16.9. The second-order valence-corrected chi connectivity index (χ2v) is 7.76. The van der Waals surface area contributed by atoms with E-state index in [1.165, 1.54) is 12.1 Å². The summed E-state index contributed by atoms with van der Waals surface area (Å²) < 4.78 is 44.3. The highest BCUT2D eigenvalue weighted by molar-refractivity contribution is 5.90. The molecule has 0 spiro atoms.